The fourth-order valence-electron chi connectivity index (χ4n) is 5.79. The molecule has 0 spiro atoms. The Balaban J connectivity index is 1.30. The number of benzene rings is 1. The summed E-state index contributed by atoms with van der Waals surface area (Å²) in [7, 11) is 1.77. The minimum absolute atomic E-state index is 0.0700. The van der Waals surface area contributed by atoms with Gasteiger partial charge in [0.25, 0.3) is 5.91 Å². The van der Waals surface area contributed by atoms with Crippen molar-refractivity contribution in [3.05, 3.63) is 59.3 Å². The number of hydrogen-bond donors (Lipinski definition) is 2. The van der Waals surface area contributed by atoms with Gasteiger partial charge in [-0.3, -0.25) is 19.8 Å². The van der Waals surface area contributed by atoms with Gasteiger partial charge in [0.1, 0.15) is 5.69 Å². The van der Waals surface area contributed by atoms with Crippen molar-refractivity contribution >= 4 is 22.9 Å². The van der Waals surface area contributed by atoms with Crippen LogP contribution in [0.4, 0.5) is 10.3 Å². The molecule has 40 heavy (non-hydrogen) atoms. The number of pyridine rings is 1. The molecule has 0 radical (unpaired) electrons. The number of aryl methyl sites for hydroxylation is 1. The number of nitrogens with one attached hydrogen (secondary N) is 1. The number of carbonyl (C=O) groups excluding carboxylic acids is 1. The lowest BCUT2D eigenvalue weighted by atomic mass is 9.89. The van der Waals surface area contributed by atoms with Gasteiger partial charge in [0.15, 0.2) is 5.82 Å². The number of hydrogen-bond acceptors (Lipinski definition) is 6. The van der Waals surface area contributed by atoms with E-state index in [0.717, 1.165) is 48.7 Å². The van der Waals surface area contributed by atoms with Gasteiger partial charge in [-0.1, -0.05) is 6.07 Å². The molecule has 1 aliphatic heterocycles. The molecular formula is C30H36FN7O2. The van der Waals surface area contributed by atoms with Crippen LogP contribution in [-0.2, 0) is 13.6 Å². The third kappa shape index (κ3) is 5.13. The predicted molar refractivity (Wildman–Crippen MR) is 152 cm³/mol. The second-order valence-corrected chi connectivity index (χ2v) is 11.9. The fraction of sp³-hybridized carbons (Fsp3) is 0.467. The van der Waals surface area contributed by atoms with Crippen LogP contribution in [0.2, 0.25) is 0 Å². The molecule has 3 aromatic heterocycles. The Kier molecular flexibility index (Phi) is 6.70. The number of likely N-dealkylation sites (tertiary alicyclic amines) is 1. The average Bonchev–Trinajstić information content (AvgIpc) is 3.65. The number of amides is 1. The van der Waals surface area contributed by atoms with Crippen LogP contribution in [0.5, 0.6) is 0 Å². The van der Waals surface area contributed by atoms with Crippen LogP contribution >= 0.6 is 0 Å². The first-order valence-corrected chi connectivity index (χ1v) is 14.0. The van der Waals surface area contributed by atoms with Gasteiger partial charge in [0.2, 0.25) is 5.95 Å². The summed E-state index contributed by atoms with van der Waals surface area (Å²) in [4.78, 5) is 24.9. The number of fused-ring (bicyclic) bond motifs is 1. The van der Waals surface area contributed by atoms with Gasteiger partial charge < -0.3 is 14.6 Å². The first-order valence-electron chi connectivity index (χ1n) is 14.0. The molecule has 0 atom stereocenters. The normalized spacial score (nSPS) is 17.1. The zero-order chi connectivity index (χ0) is 28.2. The summed E-state index contributed by atoms with van der Waals surface area (Å²) in [5.41, 5.74) is 2.92. The molecule has 4 aromatic rings. The van der Waals surface area contributed by atoms with Gasteiger partial charge in [0.05, 0.1) is 34.9 Å². The molecule has 0 bridgehead atoms. The van der Waals surface area contributed by atoms with Crippen LogP contribution in [0.3, 0.4) is 0 Å². The number of anilines is 1. The summed E-state index contributed by atoms with van der Waals surface area (Å²) in [6.45, 7) is 7.69. The third-order valence-electron chi connectivity index (χ3n) is 8.23. The monoisotopic (exact) mass is 545 g/mol. The summed E-state index contributed by atoms with van der Waals surface area (Å²) in [6, 6.07) is 8.40. The molecule has 4 heterocycles. The maximum absolute atomic E-state index is 15.6. The van der Waals surface area contributed by atoms with Gasteiger partial charge in [-0.25, -0.2) is 9.37 Å². The highest BCUT2D eigenvalue weighted by atomic mass is 19.1. The van der Waals surface area contributed by atoms with E-state index in [4.69, 9.17) is 4.98 Å². The summed E-state index contributed by atoms with van der Waals surface area (Å²) in [5, 5.41) is 17.6. The minimum Gasteiger partial charge on any atom is -0.389 e. The lowest BCUT2D eigenvalue weighted by Crippen LogP contribution is -2.34. The van der Waals surface area contributed by atoms with Crippen LogP contribution in [0.1, 0.15) is 67.1 Å². The smallest absolute Gasteiger partial charge is 0.261 e. The van der Waals surface area contributed by atoms with Crippen LogP contribution in [0, 0.1) is 12.7 Å². The first-order chi connectivity index (χ1) is 19.1. The Morgan fingerprint density at radius 2 is 1.93 bits per heavy atom. The molecule has 210 valence electrons. The average molecular weight is 546 g/mol. The summed E-state index contributed by atoms with van der Waals surface area (Å²) in [6.07, 6.45) is 7.86. The number of imidazole rings is 1. The molecule has 1 saturated carbocycles. The number of nitrogens with zero attached hydrogens (tertiary/aromatic N) is 6. The number of rotatable bonds is 7. The van der Waals surface area contributed by atoms with Crippen molar-refractivity contribution in [2.45, 2.75) is 70.6 Å². The Labute approximate surface area is 233 Å². The fourth-order valence-corrected chi connectivity index (χ4v) is 5.79. The second kappa shape index (κ2) is 10.1. The zero-order valence-corrected chi connectivity index (χ0v) is 23.5. The van der Waals surface area contributed by atoms with Crippen molar-refractivity contribution in [1.29, 1.82) is 0 Å². The van der Waals surface area contributed by atoms with Crippen molar-refractivity contribution in [2.24, 2.45) is 7.05 Å². The molecule has 1 aliphatic carbocycles. The molecule has 9 nitrogen and oxygen atoms in total. The molecule has 2 N–H and O–H groups in total. The zero-order valence-electron chi connectivity index (χ0n) is 23.5. The summed E-state index contributed by atoms with van der Waals surface area (Å²) in [5.74, 6) is -0.626. The van der Waals surface area contributed by atoms with Crippen LogP contribution in [-0.4, -0.2) is 65.0 Å². The molecular weight excluding hydrogens is 509 g/mol. The quantitative estimate of drug-likeness (QED) is 0.351. The van der Waals surface area contributed by atoms with Crippen molar-refractivity contribution < 1.29 is 14.3 Å². The topological polar surface area (TPSA) is 101 Å². The van der Waals surface area contributed by atoms with Gasteiger partial charge >= 0.3 is 0 Å². The Morgan fingerprint density at radius 3 is 2.58 bits per heavy atom. The minimum atomic E-state index is -1.06. The first kappa shape index (κ1) is 26.6. The Bertz CT molecular complexity index is 1570. The summed E-state index contributed by atoms with van der Waals surface area (Å²) < 4.78 is 19.0. The number of halogens is 1. The van der Waals surface area contributed by atoms with E-state index in [-0.39, 0.29) is 23.8 Å². The Morgan fingerprint density at radius 1 is 1.18 bits per heavy atom. The molecule has 1 amide bonds. The van der Waals surface area contributed by atoms with E-state index in [1.165, 1.54) is 30.7 Å². The third-order valence-corrected chi connectivity index (χ3v) is 8.23. The highest BCUT2D eigenvalue weighted by molar-refractivity contribution is 6.05. The molecule has 10 heteroatoms. The maximum atomic E-state index is 15.6. The van der Waals surface area contributed by atoms with Gasteiger partial charge in [0, 0.05) is 30.5 Å². The van der Waals surface area contributed by atoms with Crippen LogP contribution < -0.4 is 5.32 Å². The van der Waals surface area contributed by atoms with Gasteiger partial charge in [-0.2, -0.15) is 5.10 Å². The standard InChI is InChI=1S/C30H36FN7O2/c1-18-23(16-33-36(18)4)27-26(31)22(9-12-32-27)28(39)35-29-34-24-15-20(5-8-25(24)38(29)17-30(2,3)40)19-10-13-37(14-11-19)21-6-7-21/h5,8-9,12,15-16,19,21,40H,6-7,10-11,13-14,17H2,1-4H3,(H,34,35,39). The van der Waals surface area contributed by atoms with E-state index in [9.17, 15) is 9.90 Å². The molecule has 1 aromatic carbocycles. The number of piperidine rings is 1. The van der Waals surface area contributed by atoms with Crippen molar-refractivity contribution in [3.8, 4) is 11.3 Å². The molecule has 2 fully saturated rings. The molecule has 0 unspecified atom stereocenters. The number of aromatic nitrogens is 5. The highest BCUT2D eigenvalue weighted by Crippen LogP contribution is 2.36. The van der Waals surface area contributed by atoms with Gasteiger partial charge in [-0.05, 0) is 89.2 Å². The number of aliphatic hydroxyl groups is 1. The predicted octanol–water partition coefficient (Wildman–Crippen LogP) is 4.64. The Hall–Kier alpha value is -3.63. The molecule has 1 saturated heterocycles. The summed E-state index contributed by atoms with van der Waals surface area (Å²) >= 11 is 0. The van der Waals surface area contributed by atoms with Gasteiger partial charge in [-0.15, -0.1) is 0 Å². The maximum Gasteiger partial charge on any atom is 0.261 e. The van der Waals surface area contributed by atoms with Crippen molar-refractivity contribution in [1.82, 2.24) is 29.2 Å². The van der Waals surface area contributed by atoms with E-state index >= 15 is 4.39 Å². The largest absolute Gasteiger partial charge is 0.389 e. The second-order valence-electron chi connectivity index (χ2n) is 11.9. The van der Waals surface area contributed by atoms with Crippen molar-refractivity contribution in [2.75, 3.05) is 18.4 Å². The molecule has 2 aliphatic rings. The lowest BCUT2D eigenvalue weighted by molar-refractivity contribution is 0.0630. The van der Waals surface area contributed by atoms with Crippen LogP contribution in [0.15, 0.2) is 36.7 Å². The van der Waals surface area contributed by atoms with E-state index in [2.05, 4.69) is 32.4 Å². The highest BCUT2D eigenvalue weighted by Gasteiger charge is 2.32. The van der Waals surface area contributed by atoms with Crippen LogP contribution in [0.25, 0.3) is 22.3 Å². The lowest BCUT2D eigenvalue weighted by Gasteiger charge is -2.32. The van der Waals surface area contributed by atoms with E-state index < -0.39 is 17.3 Å². The van der Waals surface area contributed by atoms with Crippen molar-refractivity contribution in [3.63, 3.8) is 0 Å². The van der Waals surface area contributed by atoms with E-state index in [1.807, 2.05) is 13.0 Å². The molecule has 6 rings (SSSR count). The SMILES string of the molecule is Cc1c(-c2nccc(C(=O)Nc3nc4cc(C5CCN(C6CC6)CC5)ccc4n3CC(C)(C)O)c2F)cnn1C. The number of carbonyl (C=O) groups is 1. The van der Waals surface area contributed by atoms with E-state index in [0.29, 0.717) is 11.5 Å². The van der Waals surface area contributed by atoms with E-state index in [1.54, 1.807) is 36.3 Å².